The average Bonchev–Trinajstić information content (AvgIpc) is 3.52. The summed E-state index contributed by atoms with van der Waals surface area (Å²) < 4.78 is 42.8. The van der Waals surface area contributed by atoms with E-state index < -0.39 is 36.3 Å². The topological polar surface area (TPSA) is 179 Å². The molecule has 2 rings (SSSR count). The van der Waals surface area contributed by atoms with Crippen molar-refractivity contribution in [1.29, 1.82) is 0 Å². The molecular formula is C40H60O14. The Hall–Kier alpha value is -4.17. The number of allylic oxidation sites excluding steroid dienone is 2. The van der Waals surface area contributed by atoms with Gasteiger partial charge in [-0.05, 0) is 44.6 Å². The molecule has 1 aromatic carbocycles. The Labute approximate surface area is 319 Å². The molecule has 14 heteroatoms. The standard InChI is InChI=1S/C40H60O14/c1-25(17-19-34(43)47-7)16-18-32-37(48-8)28(4)33-23-51-40(46)36(33)38(32)52-24-53-39(45)27(3)15-13-11-9-10-12-14-26(2)20-35(44)54-31(21-49-29(5)41)22-50-30(6)42/h16,26-27,31,39,45H,9-15,17-24H2,1-8H3/b25-16+. The summed E-state index contributed by atoms with van der Waals surface area (Å²) in [4.78, 5) is 59.1. The molecule has 1 aliphatic rings. The molecule has 0 saturated heterocycles. The van der Waals surface area contributed by atoms with E-state index in [1.165, 1.54) is 21.0 Å². The number of unbranched alkanes of at least 4 members (excludes halogenated alkanes) is 4. The highest BCUT2D eigenvalue weighted by molar-refractivity contribution is 5.98. The largest absolute Gasteiger partial charge is 0.496 e. The van der Waals surface area contributed by atoms with Gasteiger partial charge in [0.2, 0.25) is 0 Å². The molecule has 304 valence electrons. The number of methoxy groups -OCH3 is 2. The zero-order valence-electron chi connectivity index (χ0n) is 33.2. The molecule has 54 heavy (non-hydrogen) atoms. The third-order valence-corrected chi connectivity index (χ3v) is 9.28. The van der Waals surface area contributed by atoms with Crippen molar-refractivity contribution in [1.82, 2.24) is 0 Å². The molecular weight excluding hydrogens is 704 g/mol. The van der Waals surface area contributed by atoms with E-state index in [0.29, 0.717) is 41.0 Å². The van der Waals surface area contributed by atoms with Gasteiger partial charge in [0.1, 0.15) is 36.9 Å². The molecule has 3 unspecified atom stereocenters. The number of carbonyl (C=O) groups is 5. The third kappa shape index (κ3) is 16.1. The summed E-state index contributed by atoms with van der Waals surface area (Å²) in [6.07, 6.45) is 7.79. The van der Waals surface area contributed by atoms with E-state index in [2.05, 4.69) is 0 Å². The first-order valence-electron chi connectivity index (χ1n) is 18.7. The Morgan fingerprint density at radius 1 is 0.870 bits per heavy atom. The third-order valence-electron chi connectivity index (χ3n) is 9.28. The average molecular weight is 765 g/mol. The number of benzene rings is 1. The van der Waals surface area contributed by atoms with E-state index in [1.54, 1.807) is 7.11 Å². The first-order chi connectivity index (χ1) is 25.7. The number of rotatable bonds is 26. The van der Waals surface area contributed by atoms with Crippen LogP contribution in [0, 0.1) is 18.8 Å². The highest BCUT2D eigenvalue weighted by atomic mass is 16.7. The lowest BCUT2D eigenvalue weighted by atomic mass is 9.94. The SMILES string of the molecule is COC(=O)CC/C(C)=C/Cc1c(OC)c(C)c2c(c1OCOC(O)C(C)CCCCCCCC(C)CC(=O)OC(COC(C)=O)COC(C)=O)C(=O)OC2. The Morgan fingerprint density at radius 3 is 2.11 bits per heavy atom. The molecule has 0 bridgehead atoms. The summed E-state index contributed by atoms with van der Waals surface area (Å²) in [5, 5.41) is 10.7. The van der Waals surface area contributed by atoms with Gasteiger partial charge >= 0.3 is 29.8 Å². The van der Waals surface area contributed by atoms with Crippen LogP contribution in [-0.4, -0.2) is 81.6 Å². The van der Waals surface area contributed by atoms with Gasteiger partial charge in [-0.1, -0.05) is 64.0 Å². The molecule has 0 fully saturated rings. The van der Waals surface area contributed by atoms with Crippen LogP contribution in [0.1, 0.15) is 126 Å². The minimum atomic E-state index is -1.08. The predicted molar refractivity (Wildman–Crippen MR) is 197 cm³/mol. The Morgan fingerprint density at radius 2 is 1.50 bits per heavy atom. The van der Waals surface area contributed by atoms with Gasteiger partial charge in [0.15, 0.2) is 19.2 Å². The fourth-order valence-corrected chi connectivity index (χ4v) is 6.07. The second-order valence-electron chi connectivity index (χ2n) is 13.9. The van der Waals surface area contributed by atoms with Crippen LogP contribution < -0.4 is 9.47 Å². The highest BCUT2D eigenvalue weighted by Gasteiger charge is 2.33. The lowest BCUT2D eigenvalue weighted by Gasteiger charge is -2.22. The molecule has 0 radical (unpaired) electrons. The normalized spacial score (nSPS) is 14.1. The molecule has 1 N–H and O–H groups in total. The lowest BCUT2D eigenvalue weighted by molar-refractivity contribution is -0.168. The number of esters is 5. The van der Waals surface area contributed by atoms with Gasteiger partial charge in [-0.3, -0.25) is 19.2 Å². The molecule has 0 aromatic heterocycles. The van der Waals surface area contributed by atoms with Crippen LogP contribution in [0.5, 0.6) is 11.5 Å². The van der Waals surface area contributed by atoms with E-state index in [0.717, 1.165) is 56.1 Å². The van der Waals surface area contributed by atoms with E-state index >= 15 is 0 Å². The fourth-order valence-electron chi connectivity index (χ4n) is 6.07. The summed E-state index contributed by atoms with van der Waals surface area (Å²) >= 11 is 0. The van der Waals surface area contributed by atoms with Crippen molar-refractivity contribution in [3.8, 4) is 11.5 Å². The summed E-state index contributed by atoms with van der Waals surface area (Å²) in [7, 11) is 2.91. The molecule has 0 spiro atoms. The number of hydrogen-bond donors (Lipinski definition) is 1. The molecule has 3 atom stereocenters. The number of carbonyl (C=O) groups excluding carboxylic acids is 5. The van der Waals surface area contributed by atoms with Crippen molar-refractivity contribution < 1.29 is 67.0 Å². The summed E-state index contributed by atoms with van der Waals surface area (Å²) in [5.41, 5.74) is 3.40. The Bertz CT molecular complexity index is 1420. The second kappa shape index (κ2) is 24.3. The smallest absolute Gasteiger partial charge is 0.342 e. The van der Waals surface area contributed by atoms with E-state index in [9.17, 15) is 29.1 Å². The van der Waals surface area contributed by atoms with Crippen LogP contribution in [-0.2, 0) is 60.6 Å². The zero-order chi connectivity index (χ0) is 40.2. The number of cyclic esters (lactones) is 1. The van der Waals surface area contributed by atoms with Crippen LogP contribution in [0.4, 0.5) is 0 Å². The first kappa shape index (κ1) is 46.0. The molecule has 1 aliphatic heterocycles. The van der Waals surface area contributed by atoms with Gasteiger partial charge in [0.25, 0.3) is 0 Å². The number of hydrogen-bond acceptors (Lipinski definition) is 14. The van der Waals surface area contributed by atoms with Gasteiger partial charge in [-0.2, -0.15) is 0 Å². The predicted octanol–water partition coefficient (Wildman–Crippen LogP) is 6.22. The second-order valence-corrected chi connectivity index (χ2v) is 13.9. The van der Waals surface area contributed by atoms with Crippen molar-refractivity contribution >= 4 is 29.8 Å². The van der Waals surface area contributed by atoms with Gasteiger partial charge in [0, 0.05) is 43.7 Å². The first-order valence-corrected chi connectivity index (χ1v) is 18.7. The minimum absolute atomic E-state index is 0.0949. The number of aliphatic hydroxyl groups is 1. The van der Waals surface area contributed by atoms with E-state index in [-0.39, 0.29) is 57.3 Å². The van der Waals surface area contributed by atoms with Gasteiger partial charge in [0.05, 0.1) is 14.2 Å². The van der Waals surface area contributed by atoms with Gasteiger partial charge < -0.3 is 43.0 Å². The molecule has 0 aliphatic carbocycles. The Kier molecular flexibility index (Phi) is 20.7. The molecule has 14 nitrogen and oxygen atoms in total. The monoisotopic (exact) mass is 764 g/mol. The quantitative estimate of drug-likeness (QED) is 0.0369. The van der Waals surface area contributed by atoms with Crippen LogP contribution >= 0.6 is 0 Å². The molecule has 0 saturated carbocycles. The van der Waals surface area contributed by atoms with Crippen molar-refractivity contribution in [2.45, 2.75) is 131 Å². The molecule has 0 amide bonds. The van der Waals surface area contributed by atoms with E-state index in [4.69, 9.17) is 37.9 Å². The van der Waals surface area contributed by atoms with Crippen LogP contribution in [0.3, 0.4) is 0 Å². The fraction of sp³-hybridized carbons (Fsp3) is 0.675. The van der Waals surface area contributed by atoms with Crippen molar-refractivity contribution in [2.75, 3.05) is 34.2 Å². The summed E-state index contributed by atoms with van der Waals surface area (Å²) in [5.74, 6) is -1.46. The number of ether oxygens (including phenoxy) is 8. The molecule has 1 aromatic rings. The molecule has 1 heterocycles. The van der Waals surface area contributed by atoms with Crippen molar-refractivity contribution in [3.63, 3.8) is 0 Å². The number of aliphatic hydroxyl groups excluding tert-OH is 1. The minimum Gasteiger partial charge on any atom is -0.496 e. The maximum absolute atomic E-state index is 12.8. The maximum atomic E-state index is 12.8. The zero-order valence-corrected chi connectivity index (χ0v) is 33.2. The van der Waals surface area contributed by atoms with Crippen LogP contribution in [0.15, 0.2) is 11.6 Å². The van der Waals surface area contributed by atoms with Crippen molar-refractivity contribution in [3.05, 3.63) is 33.9 Å². The summed E-state index contributed by atoms with van der Waals surface area (Å²) in [6.45, 7) is 9.62. The van der Waals surface area contributed by atoms with Gasteiger partial charge in [-0.15, -0.1) is 0 Å². The van der Waals surface area contributed by atoms with Crippen LogP contribution in [0.2, 0.25) is 0 Å². The van der Waals surface area contributed by atoms with Crippen LogP contribution in [0.25, 0.3) is 0 Å². The lowest BCUT2D eigenvalue weighted by Crippen LogP contribution is -2.30. The Balaban J connectivity index is 1.80. The highest BCUT2D eigenvalue weighted by Crippen LogP contribution is 2.43. The van der Waals surface area contributed by atoms with E-state index in [1.807, 2.05) is 33.8 Å². The maximum Gasteiger partial charge on any atom is 0.342 e. The van der Waals surface area contributed by atoms with Gasteiger partial charge in [-0.25, -0.2) is 4.79 Å². The summed E-state index contributed by atoms with van der Waals surface area (Å²) in [6, 6.07) is 0. The van der Waals surface area contributed by atoms with Crippen molar-refractivity contribution in [2.24, 2.45) is 11.8 Å². The number of fused-ring (bicyclic) bond motifs is 1.